The van der Waals surface area contributed by atoms with Crippen LogP contribution in [-0.2, 0) is 6.42 Å². The Kier molecular flexibility index (Phi) is 4.00. The van der Waals surface area contributed by atoms with Gasteiger partial charge in [0.15, 0.2) is 0 Å². The maximum Gasteiger partial charge on any atom is 0.123 e. The second kappa shape index (κ2) is 5.50. The lowest BCUT2D eigenvalue weighted by molar-refractivity contribution is 0.195. The molecule has 1 saturated heterocycles. The van der Waals surface area contributed by atoms with Crippen molar-refractivity contribution in [3.8, 4) is 0 Å². The van der Waals surface area contributed by atoms with Crippen molar-refractivity contribution in [2.75, 3.05) is 18.0 Å². The highest BCUT2D eigenvalue weighted by Crippen LogP contribution is 2.26. The molecule has 0 aliphatic carbocycles. The minimum absolute atomic E-state index is 0.221. The van der Waals surface area contributed by atoms with Crippen LogP contribution in [0.1, 0.15) is 31.7 Å². The molecule has 1 fully saturated rings. The number of halogens is 1. The van der Waals surface area contributed by atoms with Crippen LogP contribution in [0.5, 0.6) is 0 Å². The van der Waals surface area contributed by atoms with Gasteiger partial charge in [-0.3, -0.25) is 0 Å². The monoisotopic (exact) mass is 237 g/mol. The molecule has 0 radical (unpaired) electrons. The predicted molar refractivity (Wildman–Crippen MR) is 67.8 cm³/mol. The van der Waals surface area contributed by atoms with Crippen molar-refractivity contribution < 1.29 is 9.50 Å². The fraction of sp³-hybridized carbons (Fsp3) is 0.571. The molecule has 1 atom stereocenters. The van der Waals surface area contributed by atoms with Crippen LogP contribution in [0.25, 0.3) is 0 Å². The highest BCUT2D eigenvalue weighted by atomic mass is 19.1. The van der Waals surface area contributed by atoms with Gasteiger partial charge < -0.3 is 10.0 Å². The average Bonchev–Trinajstić information content (AvgIpc) is 2.29. The van der Waals surface area contributed by atoms with E-state index < -0.39 is 6.10 Å². The Morgan fingerprint density at radius 3 is 2.65 bits per heavy atom. The maximum atomic E-state index is 13.3. The van der Waals surface area contributed by atoms with E-state index in [9.17, 15) is 9.50 Å². The van der Waals surface area contributed by atoms with Gasteiger partial charge in [0.25, 0.3) is 0 Å². The van der Waals surface area contributed by atoms with Gasteiger partial charge in [0.2, 0.25) is 0 Å². The van der Waals surface area contributed by atoms with Gasteiger partial charge in [-0.05, 0) is 49.9 Å². The van der Waals surface area contributed by atoms with Gasteiger partial charge in [-0.15, -0.1) is 0 Å². The zero-order chi connectivity index (χ0) is 12.3. The van der Waals surface area contributed by atoms with Crippen LogP contribution in [0.4, 0.5) is 10.1 Å². The standard InChI is InChI=1S/C14H20FNO/c1-11(17)9-12-10-13(15)5-6-14(12)16-7-3-2-4-8-16/h5-6,10-11,17H,2-4,7-9H2,1H3. The number of nitrogens with zero attached hydrogens (tertiary/aromatic N) is 1. The summed E-state index contributed by atoms with van der Waals surface area (Å²) < 4.78 is 13.3. The third kappa shape index (κ3) is 3.19. The predicted octanol–water partition coefficient (Wildman–Crippen LogP) is 2.74. The molecule has 17 heavy (non-hydrogen) atoms. The van der Waals surface area contributed by atoms with Crippen LogP contribution in [0.2, 0.25) is 0 Å². The Morgan fingerprint density at radius 2 is 2.00 bits per heavy atom. The summed E-state index contributed by atoms with van der Waals surface area (Å²) in [6.45, 7) is 3.82. The van der Waals surface area contributed by atoms with Crippen molar-refractivity contribution in [3.63, 3.8) is 0 Å². The molecule has 2 rings (SSSR count). The zero-order valence-corrected chi connectivity index (χ0v) is 10.3. The van der Waals surface area contributed by atoms with E-state index >= 15 is 0 Å². The van der Waals surface area contributed by atoms with Gasteiger partial charge in [0.1, 0.15) is 5.82 Å². The van der Waals surface area contributed by atoms with Crippen molar-refractivity contribution in [1.29, 1.82) is 0 Å². The highest BCUT2D eigenvalue weighted by Gasteiger charge is 2.15. The molecule has 1 aliphatic heterocycles. The van der Waals surface area contributed by atoms with E-state index in [0.29, 0.717) is 6.42 Å². The van der Waals surface area contributed by atoms with Crippen LogP contribution in [-0.4, -0.2) is 24.3 Å². The summed E-state index contributed by atoms with van der Waals surface area (Å²) in [5, 5.41) is 9.48. The van der Waals surface area contributed by atoms with E-state index in [1.807, 2.05) is 6.07 Å². The summed E-state index contributed by atoms with van der Waals surface area (Å²) in [5.41, 5.74) is 2.01. The lowest BCUT2D eigenvalue weighted by Gasteiger charge is -2.31. The molecule has 0 aromatic heterocycles. The van der Waals surface area contributed by atoms with Gasteiger partial charge in [-0.2, -0.15) is 0 Å². The van der Waals surface area contributed by atoms with Crippen LogP contribution in [0, 0.1) is 5.82 Å². The first-order valence-electron chi connectivity index (χ1n) is 6.38. The van der Waals surface area contributed by atoms with Crippen LogP contribution < -0.4 is 4.90 Å². The number of hydrogen-bond donors (Lipinski definition) is 1. The third-order valence-electron chi connectivity index (χ3n) is 3.25. The fourth-order valence-corrected chi connectivity index (χ4v) is 2.48. The quantitative estimate of drug-likeness (QED) is 0.873. The highest BCUT2D eigenvalue weighted by molar-refractivity contribution is 5.54. The van der Waals surface area contributed by atoms with Gasteiger partial charge in [-0.1, -0.05) is 0 Å². The molecule has 2 nitrogen and oxygen atoms in total. The molecule has 1 aromatic carbocycles. The summed E-state index contributed by atoms with van der Waals surface area (Å²) in [4.78, 5) is 2.31. The first-order chi connectivity index (χ1) is 8.16. The minimum atomic E-state index is -0.430. The van der Waals surface area contributed by atoms with E-state index in [4.69, 9.17) is 0 Å². The summed E-state index contributed by atoms with van der Waals surface area (Å²) in [6.07, 6.45) is 3.77. The Morgan fingerprint density at radius 1 is 1.29 bits per heavy atom. The smallest absolute Gasteiger partial charge is 0.123 e. The molecule has 1 aliphatic rings. The molecule has 1 unspecified atom stereocenters. The molecular formula is C14H20FNO. The normalized spacial score (nSPS) is 18.2. The second-order valence-electron chi connectivity index (χ2n) is 4.87. The van der Waals surface area contributed by atoms with Gasteiger partial charge >= 0.3 is 0 Å². The van der Waals surface area contributed by atoms with E-state index in [-0.39, 0.29) is 5.82 Å². The molecule has 0 saturated carbocycles. The maximum absolute atomic E-state index is 13.3. The number of piperidine rings is 1. The molecular weight excluding hydrogens is 217 g/mol. The summed E-state index contributed by atoms with van der Waals surface area (Å²) >= 11 is 0. The van der Waals surface area contributed by atoms with Crippen molar-refractivity contribution in [2.45, 2.75) is 38.7 Å². The molecule has 3 heteroatoms. The van der Waals surface area contributed by atoms with Crippen LogP contribution in [0.15, 0.2) is 18.2 Å². The summed E-state index contributed by atoms with van der Waals surface area (Å²) in [7, 11) is 0. The Labute approximate surface area is 102 Å². The van der Waals surface area contributed by atoms with Crippen molar-refractivity contribution in [1.82, 2.24) is 0 Å². The average molecular weight is 237 g/mol. The van der Waals surface area contributed by atoms with E-state index in [1.165, 1.54) is 25.3 Å². The Balaban J connectivity index is 2.24. The van der Waals surface area contributed by atoms with E-state index in [1.54, 1.807) is 13.0 Å². The summed E-state index contributed by atoms with van der Waals surface area (Å²) in [6, 6.07) is 4.91. The lowest BCUT2D eigenvalue weighted by atomic mass is 10.0. The molecule has 1 N–H and O–H groups in total. The largest absolute Gasteiger partial charge is 0.393 e. The van der Waals surface area contributed by atoms with Gasteiger partial charge in [-0.25, -0.2) is 4.39 Å². The third-order valence-corrected chi connectivity index (χ3v) is 3.25. The number of benzene rings is 1. The Bertz CT molecular complexity index is 372. The molecule has 0 amide bonds. The van der Waals surface area contributed by atoms with Crippen LogP contribution in [0.3, 0.4) is 0 Å². The SMILES string of the molecule is CC(O)Cc1cc(F)ccc1N1CCCCC1. The van der Waals surface area contributed by atoms with Crippen molar-refractivity contribution in [2.24, 2.45) is 0 Å². The molecule has 1 aromatic rings. The topological polar surface area (TPSA) is 23.5 Å². The first-order valence-corrected chi connectivity index (χ1v) is 6.38. The number of aliphatic hydroxyl groups is 1. The Hall–Kier alpha value is -1.09. The minimum Gasteiger partial charge on any atom is -0.393 e. The van der Waals surface area contributed by atoms with E-state index in [0.717, 1.165) is 24.3 Å². The molecule has 1 heterocycles. The fourth-order valence-electron chi connectivity index (χ4n) is 2.48. The number of rotatable bonds is 3. The summed E-state index contributed by atoms with van der Waals surface area (Å²) in [5.74, 6) is -0.221. The van der Waals surface area contributed by atoms with Crippen molar-refractivity contribution in [3.05, 3.63) is 29.6 Å². The second-order valence-corrected chi connectivity index (χ2v) is 4.87. The number of anilines is 1. The molecule has 0 bridgehead atoms. The van der Waals surface area contributed by atoms with Gasteiger partial charge in [0.05, 0.1) is 6.10 Å². The zero-order valence-electron chi connectivity index (χ0n) is 10.3. The van der Waals surface area contributed by atoms with Crippen LogP contribution >= 0.6 is 0 Å². The number of aliphatic hydroxyl groups excluding tert-OH is 1. The van der Waals surface area contributed by atoms with Crippen molar-refractivity contribution >= 4 is 5.69 Å². The van der Waals surface area contributed by atoms with E-state index in [2.05, 4.69) is 4.90 Å². The lowest BCUT2D eigenvalue weighted by Crippen LogP contribution is -2.30. The first kappa shape index (κ1) is 12.4. The molecule has 94 valence electrons. The van der Waals surface area contributed by atoms with Gasteiger partial charge in [0, 0.05) is 25.2 Å². The number of hydrogen-bond acceptors (Lipinski definition) is 2. The molecule has 0 spiro atoms.